The molecule has 1 aliphatic rings. The van der Waals surface area contributed by atoms with Gasteiger partial charge in [-0.2, -0.15) is 4.98 Å². The highest BCUT2D eigenvalue weighted by molar-refractivity contribution is 5.70. The van der Waals surface area contributed by atoms with E-state index in [9.17, 15) is 4.79 Å². The summed E-state index contributed by atoms with van der Waals surface area (Å²) in [5.74, 6) is 1.70. The van der Waals surface area contributed by atoms with Crippen molar-refractivity contribution in [3.63, 3.8) is 0 Å². The van der Waals surface area contributed by atoms with Crippen molar-refractivity contribution in [2.75, 3.05) is 13.7 Å². The number of nitrogens with zero attached hydrogens (tertiary/aromatic N) is 2. The van der Waals surface area contributed by atoms with E-state index in [4.69, 9.17) is 14.1 Å². The minimum absolute atomic E-state index is 0.0879. The first-order valence-electron chi connectivity index (χ1n) is 10.7. The third-order valence-corrected chi connectivity index (χ3v) is 5.15. The first-order chi connectivity index (χ1) is 13.4. The van der Waals surface area contributed by atoms with Gasteiger partial charge in [0.05, 0.1) is 13.5 Å². The number of aromatic nitrogens is 2. The molecule has 0 saturated heterocycles. The average Bonchev–Trinajstić information content (AvgIpc) is 3.09. The predicted octanol–water partition coefficient (Wildman–Crippen LogP) is 4.33. The number of carbonyl (C=O) groups excluding carboxylic acids is 1. The lowest BCUT2D eigenvalue weighted by Crippen LogP contribution is -2.25. The minimum Gasteiger partial charge on any atom is -0.460 e. The highest BCUT2D eigenvalue weighted by Gasteiger charge is 2.26. The second kappa shape index (κ2) is 11.5. The second-order valence-corrected chi connectivity index (χ2v) is 8.82. The van der Waals surface area contributed by atoms with Gasteiger partial charge in [0.25, 0.3) is 0 Å². The number of hydrogen-bond donors (Lipinski definition) is 1. The molecule has 0 unspecified atom stereocenters. The van der Waals surface area contributed by atoms with Gasteiger partial charge in [0.15, 0.2) is 5.82 Å². The number of nitrogens with one attached hydrogen (secondary N) is 1. The molecule has 1 N–H and O–H groups in total. The van der Waals surface area contributed by atoms with Crippen LogP contribution in [0.4, 0.5) is 0 Å². The summed E-state index contributed by atoms with van der Waals surface area (Å²) in [6, 6.07) is 0. The maximum atomic E-state index is 12.4. The number of hydrogen-bond acceptors (Lipinski definition) is 7. The summed E-state index contributed by atoms with van der Waals surface area (Å²) in [4.78, 5) is 21.7. The molecule has 0 spiro atoms. The zero-order valence-corrected chi connectivity index (χ0v) is 18.0. The Morgan fingerprint density at radius 2 is 2.04 bits per heavy atom. The Kier molecular flexibility index (Phi) is 9.38. The highest BCUT2D eigenvalue weighted by Crippen LogP contribution is 2.31. The molecule has 0 radical (unpaired) electrons. The molecule has 0 amide bonds. The molecule has 0 aliphatic heterocycles. The molecular weight excluding hydrogens is 358 g/mol. The van der Waals surface area contributed by atoms with Gasteiger partial charge in [-0.1, -0.05) is 50.1 Å². The number of hydroxylamine groups is 1. The van der Waals surface area contributed by atoms with Gasteiger partial charge in [-0.15, -0.1) is 0 Å². The van der Waals surface area contributed by atoms with Crippen LogP contribution in [0.3, 0.4) is 0 Å². The Bertz CT molecular complexity index is 576. The molecule has 1 aromatic rings. The van der Waals surface area contributed by atoms with Crippen LogP contribution in [0.2, 0.25) is 0 Å². The molecule has 1 fully saturated rings. The SMILES string of the molecule is CONCCc1noc([C@H](CCCC2CCCCC2)CC(=O)OC(C)(C)C)n1. The molecule has 0 aromatic carbocycles. The second-order valence-electron chi connectivity index (χ2n) is 8.82. The van der Waals surface area contributed by atoms with Crippen molar-refractivity contribution < 1.29 is 18.9 Å². The van der Waals surface area contributed by atoms with Crippen molar-refractivity contribution in [2.45, 2.75) is 96.5 Å². The van der Waals surface area contributed by atoms with Crippen LogP contribution < -0.4 is 5.48 Å². The van der Waals surface area contributed by atoms with Gasteiger partial charge >= 0.3 is 5.97 Å². The normalized spacial score (nSPS) is 16.9. The van der Waals surface area contributed by atoms with Crippen LogP contribution in [0.1, 0.15) is 96.2 Å². The average molecular weight is 396 g/mol. The summed E-state index contributed by atoms with van der Waals surface area (Å²) in [6.07, 6.45) is 10.8. The summed E-state index contributed by atoms with van der Waals surface area (Å²) in [7, 11) is 1.57. The largest absolute Gasteiger partial charge is 0.460 e. The van der Waals surface area contributed by atoms with Crippen molar-refractivity contribution in [3.8, 4) is 0 Å². The molecule has 160 valence electrons. The number of esters is 1. The van der Waals surface area contributed by atoms with E-state index in [-0.39, 0.29) is 18.3 Å². The predicted molar refractivity (Wildman–Crippen MR) is 107 cm³/mol. The van der Waals surface area contributed by atoms with Crippen LogP contribution in [0.25, 0.3) is 0 Å². The summed E-state index contributed by atoms with van der Waals surface area (Å²) >= 11 is 0. The van der Waals surface area contributed by atoms with Crippen molar-refractivity contribution in [1.82, 2.24) is 15.6 Å². The van der Waals surface area contributed by atoms with Crippen molar-refractivity contribution >= 4 is 5.97 Å². The van der Waals surface area contributed by atoms with E-state index in [0.717, 1.165) is 18.8 Å². The lowest BCUT2D eigenvalue weighted by Gasteiger charge is -2.23. The Labute approximate surface area is 168 Å². The summed E-state index contributed by atoms with van der Waals surface area (Å²) in [5, 5.41) is 4.05. The zero-order chi connectivity index (χ0) is 20.4. The van der Waals surface area contributed by atoms with Crippen molar-refractivity contribution in [2.24, 2.45) is 5.92 Å². The Morgan fingerprint density at radius 3 is 2.71 bits per heavy atom. The zero-order valence-electron chi connectivity index (χ0n) is 18.0. The quantitative estimate of drug-likeness (QED) is 0.339. The van der Waals surface area contributed by atoms with E-state index in [1.54, 1.807) is 7.11 Å². The van der Waals surface area contributed by atoms with E-state index in [1.165, 1.54) is 38.5 Å². The maximum Gasteiger partial charge on any atom is 0.307 e. The monoisotopic (exact) mass is 395 g/mol. The molecule has 28 heavy (non-hydrogen) atoms. The smallest absolute Gasteiger partial charge is 0.307 e. The molecule has 1 saturated carbocycles. The fourth-order valence-electron chi connectivity index (χ4n) is 3.83. The molecule has 7 heteroatoms. The van der Waals surface area contributed by atoms with Crippen LogP contribution in [0, 0.1) is 5.92 Å². The summed E-state index contributed by atoms with van der Waals surface area (Å²) < 4.78 is 11.0. The molecule has 1 heterocycles. The molecule has 1 atom stereocenters. The molecule has 0 bridgehead atoms. The number of ether oxygens (including phenoxy) is 1. The van der Waals surface area contributed by atoms with Crippen molar-refractivity contribution in [3.05, 3.63) is 11.7 Å². The fourth-order valence-corrected chi connectivity index (χ4v) is 3.83. The van der Waals surface area contributed by atoms with E-state index in [2.05, 4.69) is 15.6 Å². The first kappa shape index (κ1) is 22.8. The number of carbonyl (C=O) groups is 1. The van der Waals surface area contributed by atoms with Crippen molar-refractivity contribution in [1.29, 1.82) is 0 Å². The van der Waals surface area contributed by atoms with E-state index < -0.39 is 5.60 Å². The van der Waals surface area contributed by atoms with Crippen LogP contribution in [0.15, 0.2) is 4.52 Å². The molecule has 7 nitrogen and oxygen atoms in total. The lowest BCUT2D eigenvalue weighted by molar-refractivity contribution is -0.155. The van der Waals surface area contributed by atoms with Gasteiger partial charge in [-0.05, 0) is 33.1 Å². The molecular formula is C21H37N3O4. The Balaban J connectivity index is 1.93. The lowest BCUT2D eigenvalue weighted by atomic mass is 9.84. The third-order valence-electron chi connectivity index (χ3n) is 5.15. The Hall–Kier alpha value is -1.47. The van der Waals surface area contributed by atoms with E-state index >= 15 is 0 Å². The fraction of sp³-hybridized carbons (Fsp3) is 0.857. The van der Waals surface area contributed by atoms with Crippen LogP contribution >= 0.6 is 0 Å². The standard InChI is InChI=1S/C21H37N3O4/c1-21(2,3)27-19(25)15-17(12-8-11-16-9-6-5-7-10-16)20-23-18(24-28-20)13-14-22-26-4/h16-17,22H,5-15H2,1-4H3/t17-/m1/s1. The Morgan fingerprint density at radius 1 is 1.29 bits per heavy atom. The summed E-state index contributed by atoms with van der Waals surface area (Å²) in [5.41, 5.74) is 2.28. The van der Waals surface area contributed by atoms with Gasteiger partial charge in [0, 0.05) is 18.9 Å². The third kappa shape index (κ3) is 8.69. The molecule has 1 aliphatic carbocycles. The molecule has 1 aromatic heterocycles. The van der Waals surface area contributed by atoms with Gasteiger partial charge in [0.2, 0.25) is 5.89 Å². The topological polar surface area (TPSA) is 86.5 Å². The maximum absolute atomic E-state index is 12.4. The van der Waals surface area contributed by atoms with Gasteiger partial charge < -0.3 is 14.1 Å². The molecule has 2 rings (SSSR count). The van der Waals surface area contributed by atoms with Crippen LogP contribution in [0.5, 0.6) is 0 Å². The first-order valence-corrected chi connectivity index (χ1v) is 10.7. The van der Waals surface area contributed by atoms with Gasteiger partial charge in [-0.3, -0.25) is 4.79 Å². The van der Waals surface area contributed by atoms with Gasteiger partial charge in [-0.25, -0.2) is 5.48 Å². The van der Waals surface area contributed by atoms with E-state index in [1.807, 2.05) is 20.8 Å². The highest BCUT2D eigenvalue weighted by atomic mass is 16.6. The number of rotatable bonds is 11. The minimum atomic E-state index is -0.491. The van der Waals surface area contributed by atoms with Crippen LogP contribution in [-0.4, -0.2) is 35.4 Å². The van der Waals surface area contributed by atoms with Crippen LogP contribution in [-0.2, 0) is 20.8 Å². The van der Waals surface area contributed by atoms with Gasteiger partial charge in [0.1, 0.15) is 5.60 Å². The summed E-state index contributed by atoms with van der Waals surface area (Å²) in [6.45, 7) is 6.26. The van der Waals surface area contributed by atoms with E-state index in [0.29, 0.717) is 24.7 Å².